The van der Waals surface area contributed by atoms with E-state index in [2.05, 4.69) is 30.9 Å². The average Bonchev–Trinajstić information content (AvgIpc) is 3.49. The van der Waals surface area contributed by atoms with Crippen molar-refractivity contribution in [2.24, 2.45) is 0 Å². The van der Waals surface area contributed by atoms with Crippen molar-refractivity contribution in [2.75, 3.05) is 16.0 Å². The van der Waals surface area contributed by atoms with Crippen LogP contribution in [-0.4, -0.2) is 30.8 Å². The number of anilines is 4. The predicted octanol–water partition coefficient (Wildman–Crippen LogP) is 8.18. The Labute approximate surface area is 272 Å². The molecule has 0 spiro atoms. The summed E-state index contributed by atoms with van der Waals surface area (Å²) in [7, 11) is 0. The molecule has 238 valence electrons. The Morgan fingerprint density at radius 2 is 1.70 bits per heavy atom. The first-order valence-corrected chi connectivity index (χ1v) is 15.3. The number of fused-ring (bicyclic) bond motifs is 1. The Morgan fingerprint density at radius 3 is 2.47 bits per heavy atom. The van der Waals surface area contributed by atoms with Crippen LogP contribution in [0.25, 0.3) is 16.5 Å². The minimum absolute atomic E-state index is 0.270. The molecule has 47 heavy (non-hydrogen) atoms. The summed E-state index contributed by atoms with van der Waals surface area (Å²) in [4.78, 5) is 26.5. The fourth-order valence-electron chi connectivity index (χ4n) is 4.95. The lowest BCUT2D eigenvalue weighted by atomic mass is 9.92. The van der Waals surface area contributed by atoms with Crippen LogP contribution in [0, 0.1) is 5.82 Å². The number of carbonyl (C=O) groups excluding carboxylic acids is 1. The number of aromatic nitrogens is 5. The van der Waals surface area contributed by atoms with E-state index in [1.165, 1.54) is 12.1 Å². The van der Waals surface area contributed by atoms with E-state index in [4.69, 9.17) is 9.84 Å². The number of nitrogens with one attached hydrogen (secondary N) is 3. The number of carbonyl (C=O) groups is 1. The molecule has 0 bridgehead atoms. The van der Waals surface area contributed by atoms with Gasteiger partial charge in [-0.05, 0) is 60.5 Å². The molecular weight excluding hydrogens is 595 g/mol. The van der Waals surface area contributed by atoms with E-state index in [1.807, 2.05) is 82.3 Å². The van der Waals surface area contributed by atoms with E-state index in [9.17, 15) is 9.18 Å². The van der Waals surface area contributed by atoms with Crippen LogP contribution >= 0.6 is 0 Å². The maximum atomic E-state index is 13.6. The molecule has 0 aliphatic heterocycles. The summed E-state index contributed by atoms with van der Waals surface area (Å²) in [5, 5.41) is 15.5. The summed E-state index contributed by atoms with van der Waals surface area (Å²) >= 11 is 0. The van der Waals surface area contributed by atoms with Gasteiger partial charge in [0.25, 0.3) is 0 Å². The third-order valence-electron chi connectivity index (χ3n) is 7.44. The van der Waals surface area contributed by atoms with Gasteiger partial charge >= 0.3 is 6.03 Å². The van der Waals surface area contributed by atoms with Gasteiger partial charge in [0.15, 0.2) is 0 Å². The van der Waals surface area contributed by atoms with Gasteiger partial charge in [0, 0.05) is 34.6 Å². The summed E-state index contributed by atoms with van der Waals surface area (Å²) < 4.78 is 21.5. The molecule has 6 rings (SSSR count). The Bertz CT molecular complexity index is 2040. The second-order valence-corrected chi connectivity index (χ2v) is 12.0. The number of ether oxygens (including phenoxy) is 1. The van der Waals surface area contributed by atoms with Gasteiger partial charge in [-0.3, -0.25) is 10.3 Å². The summed E-state index contributed by atoms with van der Waals surface area (Å²) in [5.74, 6) is 2.04. The number of hydrogen-bond acceptors (Lipinski definition) is 7. The van der Waals surface area contributed by atoms with Gasteiger partial charge in [-0.25, -0.2) is 23.8 Å². The molecule has 0 unspecified atom stereocenters. The summed E-state index contributed by atoms with van der Waals surface area (Å²) in [6.45, 7) is 8.45. The zero-order valence-corrected chi connectivity index (χ0v) is 26.6. The normalized spacial score (nSPS) is 11.3. The van der Waals surface area contributed by atoms with Gasteiger partial charge in [0.1, 0.15) is 35.6 Å². The first-order chi connectivity index (χ1) is 22.7. The van der Waals surface area contributed by atoms with Crippen molar-refractivity contribution in [2.45, 2.75) is 46.1 Å². The first kappa shape index (κ1) is 31.2. The van der Waals surface area contributed by atoms with Crippen molar-refractivity contribution in [1.29, 1.82) is 0 Å². The first-order valence-electron chi connectivity index (χ1n) is 15.3. The van der Waals surface area contributed by atoms with Crippen LogP contribution in [-0.2, 0) is 18.4 Å². The molecule has 3 heterocycles. The van der Waals surface area contributed by atoms with Gasteiger partial charge in [0.05, 0.1) is 29.0 Å². The minimum Gasteiger partial charge on any atom is -0.488 e. The molecule has 11 heteroatoms. The van der Waals surface area contributed by atoms with Crippen molar-refractivity contribution in [3.8, 4) is 11.4 Å². The van der Waals surface area contributed by atoms with Gasteiger partial charge in [-0.2, -0.15) is 5.10 Å². The highest BCUT2D eigenvalue weighted by atomic mass is 19.1. The monoisotopic (exact) mass is 630 g/mol. The number of benzene rings is 3. The van der Waals surface area contributed by atoms with Crippen molar-refractivity contribution in [3.63, 3.8) is 0 Å². The predicted molar refractivity (Wildman–Crippen MR) is 182 cm³/mol. The van der Waals surface area contributed by atoms with Gasteiger partial charge < -0.3 is 15.4 Å². The summed E-state index contributed by atoms with van der Waals surface area (Å²) in [6.07, 6.45) is 5.91. The zero-order valence-electron chi connectivity index (χ0n) is 26.6. The van der Waals surface area contributed by atoms with Crippen LogP contribution in [0.3, 0.4) is 0 Å². The maximum absolute atomic E-state index is 13.6. The second kappa shape index (κ2) is 13.3. The van der Waals surface area contributed by atoms with Crippen LogP contribution in [0.4, 0.5) is 32.3 Å². The van der Waals surface area contributed by atoms with Gasteiger partial charge in [-0.15, -0.1) is 0 Å². The summed E-state index contributed by atoms with van der Waals surface area (Å²) in [5.41, 5.74) is 3.55. The summed E-state index contributed by atoms with van der Waals surface area (Å²) in [6, 6.07) is 22.5. The molecule has 0 radical (unpaired) electrons. The lowest BCUT2D eigenvalue weighted by molar-refractivity contribution is 0.262. The lowest BCUT2D eigenvalue weighted by Crippen LogP contribution is -2.21. The Hall–Kier alpha value is -5.84. The SMILES string of the molecule is CCc1cncc(Nc2cc(COc3ccc(NC(=O)Nc4cc(C(C)(C)C)nn4-c4ccc(F)cc4)c4ccccc34)ccn2)n1. The Kier molecular flexibility index (Phi) is 8.79. The largest absolute Gasteiger partial charge is 0.488 e. The van der Waals surface area contributed by atoms with E-state index in [0.717, 1.165) is 34.1 Å². The van der Waals surface area contributed by atoms with E-state index < -0.39 is 6.03 Å². The minimum atomic E-state index is -0.446. The standard InChI is InChI=1S/C36H35FN8O2/c1-5-25-20-38-21-33(40-25)42-32-18-23(16-17-39-32)22-47-30-15-14-29(27-8-6-7-9-28(27)30)41-35(46)43-34-19-31(36(2,3)4)44-45(34)26-12-10-24(37)11-13-26/h6-21H,5,22H2,1-4H3,(H,39,40,42)(H2,41,43,46). The quantitative estimate of drug-likeness (QED) is 0.147. The number of nitrogens with zero attached hydrogens (tertiary/aromatic N) is 5. The van der Waals surface area contributed by atoms with Crippen LogP contribution in [0.2, 0.25) is 0 Å². The topological polar surface area (TPSA) is 119 Å². The number of hydrogen-bond donors (Lipinski definition) is 3. The fourth-order valence-corrected chi connectivity index (χ4v) is 4.95. The highest BCUT2D eigenvalue weighted by molar-refractivity contribution is 6.07. The fraction of sp³-hybridized carbons (Fsp3) is 0.194. The molecule has 0 atom stereocenters. The Morgan fingerprint density at radius 1 is 0.915 bits per heavy atom. The highest BCUT2D eigenvalue weighted by Crippen LogP contribution is 2.33. The van der Waals surface area contributed by atoms with Crippen LogP contribution in [0.1, 0.15) is 44.6 Å². The highest BCUT2D eigenvalue weighted by Gasteiger charge is 2.22. The molecule has 3 aromatic heterocycles. The average molecular weight is 631 g/mol. The van der Waals surface area contributed by atoms with Crippen molar-refractivity contribution in [3.05, 3.63) is 120 Å². The molecule has 0 aliphatic rings. The zero-order chi connectivity index (χ0) is 33.0. The van der Waals surface area contributed by atoms with Crippen LogP contribution < -0.4 is 20.7 Å². The van der Waals surface area contributed by atoms with E-state index in [0.29, 0.717) is 41.2 Å². The smallest absolute Gasteiger partial charge is 0.324 e. The van der Waals surface area contributed by atoms with E-state index in [1.54, 1.807) is 35.4 Å². The van der Waals surface area contributed by atoms with E-state index >= 15 is 0 Å². The molecule has 0 saturated heterocycles. The third-order valence-corrected chi connectivity index (χ3v) is 7.44. The van der Waals surface area contributed by atoms with Crippen LogP contribution in [0.15, 0.2) is 97.5 Å². The van der Waals surface area contributed by atoms with Gasteiger partial charge in [-0.1, -0.05) is 52.0 Å². The molecule has 3 N–H and O–H groups in total. The molecular formula is C36H35FN8O2. The molecule has 0 aliphatic carbocycles. The molecule has 2 amide bonds. The number of aryl methyl sites for hydroxylation is 1. The van der Waals surface area contributed by atoms with Crippen molar-refractivity contribution < 1.29 is 13.9 Å². The molecule has 10 nitrogen and oxygen atoms in total. The van der Waals surface area contributed by atoms with Gasteiger partial charge in [0.2, 0.25) is 0 Å². The molecule has 0 saturated carbocycles. The van der Waals surface area contributed by atoms with Crippen molar-refractivity contribution in [1.82, 2.24) is 24.7 Å². The molecule has 6 aromatic rings. The maximum Gasteiger partial charge on any atom is 0.324 e. The van der Waals surface area contributed by atoms with Crippen molar-refractivity contribution >= 4 is 39.9 Å². The number of rotatable bonds is 9. The Balaban J connectivity index is 1.18. The van der Waals surface area contributed by atoms with E-state index in [-0.39, 0.29) is 11.2 Å². The molecule has 0 fully saturated rings. The number of halogens is 1. The second-order valence-electron chi connectivity index (χ2n) is 12.0. The third kappa shape index (κ3) is 7.36. The number of urea groups is 1. The lowest BCUT2D eigenvalue weighted by Gasteiger charge is -2.15. The van der Waals surface area contributed by atoms with Crippen LogP contribution in [0.5, 0.6) is 5.75 Å². The number of amides is 2. The number of pyridine rings is 1. The molecule has 3 aromatic carbocycles.